The van der Waals surface area contributed by atoms with Crippen molar-refractivity contribution in [2.45, 2.75) is 39.7 Å². The van der Waals surface area contributed by atoms with Crippen molar-refractivity contribution in [2.75, 3.05) is 36.8 Å². The molecule has 1 N–H and O–H groups in total. The number of ether oxygens (including phenoxy) is 1. The molecule has 0 saturated heterocycles. The summed E-state index contributed by atoms with van der Waals surface area (Å²) >= 11 is 0. The van der Waals surface area contributed by atoms with Crippen LogP contribution >= 0.6 is 0 Å². The zero-order valence-corrected chi connectivity index (χ0v) is 21.2. The van der Waals surface area contributed by atoms with E-state index in [4.69, 9.17) is 4.74 Å². The minimum atomic E-state index is -3.76. The summed E-state index contributed by atoms with van der Waals surface area (Å²) in [6.07, 6.45) is 2.02. The first-order valence-corrected chi connectivity index (χ1v) is 13.4. The highest BCUT2D eigenvalue weighted by Gasteiger charge is 2.31. The molecule has 0 spiro atoms. The molecule has 0 aromatic heterocycles. The maximum atomic E-state index is 13.5. The van der Waals surface area contributed by atoms with Gasteiger partial charge in [-0.25, -0.2) is 8.42 Å². The highest BCUT2D eigenvalue weighted by molar-refractivity contribution is 7.92. The van der Waals surface area contributed by atoms with Crippen LogP contribution in [0.25, 0.3) is 0 Å². The number of rotatable bonds is 13. The van der Waals surface area contributed by atoms with Crippen molar-refractivity contribution in [3.05, 3.63) is 60.2 Å². The third-order valence-corrected chi connectivity index (χ3v) is 6.48. The summed E-state index contributed by atoms with van der Waals surface area (Å²) in [5.41, 5.74) is 1.38. The zero-order chi connectivity index (χ0) is 25.1. The van der Waals surface area contributed by atoms with Crippen LogP contribution in [-0.4, -0.2) is 63.7 Å². The zero-order valence-electron chi connectivity index (χ0n) is 20.4. The molecular weight excluding hydrogens is 454 g/mol. The predicted molar refractivity (Wildman–Crippen MR) is 134 cm³/mol. The quantitative estimate of drug-likeness (QED) is 0.467. The molecule has 0 aliphatic rings. The van der Waals surface area contributed by atoms with Crippen LogP contribution in [0.15, 0.2) is 54.6 Å². The lowest BCUT2D eigenvalue weighted by molar-refractivity contribution is -0.139. The topological polar surface area (TPSA) is 96.0 Å². The number of carbonyl (C=O) groups is 2. The number of likely N-dealkylation sites (N-methyl/N-ethyl adjacent to an activating group) is 1. The Morgan fingerprint density at radius 1 is 1.00 bits per heavy atom. The van der Waals surface area contributed by atoms with Crippen molar-refractivity contribution in [3.63, 3.8) is 0 Å². The van der Waals surface area contributed by atoms with Crippen molar-refractivity contribution in [1.82, 2.24) is 10.2 Å². The first-order chi connectivity index (χ1) is 16.2. The van der Waals surface area contributed by atoms with Gasteiger partial charge in [0.05, 0.1) is 18.6 Å². The Kier molecular flexibility index (Phi) is 10.4. The van der Waals surface area contributed by atoms with Gasteiger partial charge in [0.25, 0.3) is 0 Å². The minimum Gasteiger partial charge on any atom is -0.494 e. The van der Waals surface area contributed by atoms with Crippen LogP contribution < -0.4 is 14.4 Å². The fourth-order valence-electron chi connectivity index (χ4n) is 3.68. The van der Waals surface area contributed by atoms with Crippen molar-refractivity contribution in [3.8, 4) is 5.75 Å². The molecule has 2 aromatic carbocycles. The van der Waals surface area contributed by atoms with E-state index in [1.165, 1.54) is 4.90 Å². The molecule has 8 nitrogen and oxygen atoms in total. The standard InChI is InChI=1S/C25H35N3O5S/c1-5-23(25(30)26-6-2)27(18-17-20-11-9-8-10-12-20)24(29)19-28(34(4,31)32)21-13-15-22(16-14-21)33-7-3/h8-16,23H,5-7,17-19H2,1-4H3,(H,26,30). The molecule has 2 aromatic rings. The smallest absolute Gasteiger partial charge is 0.244 e. The molecule has 34 heavy (non-hydrogen) atoms. The molecule has 2 amide bonds. The first-order valence-electron chi connectivity index (χ1n) is 11.5. The molecule has 1 unspecified atom stereocenters. The SMILES string of the molecule is CCNC(=O)C(CC)N(CCc1ccccc1)C(=O)CN(c1ccc(OCC)cc1)S(C)(=O)=O. The molecule has 0 radical (unpaired) electrons. The van der Waals surface area contributed by atoms with E-state index in [-0.39, 0.29) is 5.91 Å². The van der Waals surface area contributed by atoms with Gasteiger partial charge in [0.2, 0.25) is 21.8 Å². The van der Waals surface area contributed by atoms with Gasteiger partial charge in [-0.2, -0.15) is 0 Å². The number of sulfonamides is 1. The van der Waals surface area contributed by atoms with Gasteiger partial charge in [-0.15, -0.1) is 0 Å². The highest BCUT2D eigenvalue weighted by atomic mass is 32.2. The predicted octanol–water partition coefficient (Wildman–Crippen LogP) is 2.84. The van der Waals surface area contributed by atoms with Crippen molar-refractivity contribution in [2.24, 2.45) is 0 Å². The van der Waals surface area contributed by atoms with Crippen molar-refractivity contribution >= 4 is 27.5 Å². The molecule has 0 aliphatic heterocycles. The van der Waals surface area contributed by atoms with Crippen LogP contribution in [0.3, 0.4) is 0 Å². The second kappa shape index (κ2) is 13.0. The third kappa shape index (κ3) is 7.76. The maximum absolute atomic E-state index is 13.5. The second-order valence-corrected chi connectivity index (χ2v) is 9.74. The van der Waals surface area contributed by atoms with E-state index in [0.717, 1.165) is 16.1 Å². The molecule has 0 aliphatic carbocycles. The monoisotopic (exact) mass is 489 g/mol. The minimum absolute atomic E-state index is 0.251. The van der Waals surface area contributed by atoms with Gasteiger partial charge in [-0.3, -0.25) is 13.9 Å². The fourth-order valence-corrected chi connectivity index (χ4v) is 4.53. The number of hydrogen-bond donors (Lipinski definition) is 1. The van der Waals surface area contributed by atoms with E-state index in [2.05, 4.69) is 5.32 Å². The van der Waals surface area contributed by atoms with Crippen molar-refractivity contribution < 1.29 is 22.7 Å². The third-order valence-electron chi connectivity index (χ3n) is 5.34. The average molecular weight is 490 g/mol. The largest absolute Gasteiger partial charge is 0.494 e. The van der Waals surface area contributed by atoms with E-state index in [1.807, 2.05) is 51.1 Å². The summed E-state index contributed by atoms with van der Waals surface area (Å²) in [5, 5.41) is 2.78. The Labute approximate surface area is 202 Å². The van der Waals surface area contributed by atoms with E-state index in [0.29, 0.717) is 44.0 Å². The van der Waals surface area contributed by atoms with Crippen LogP contribution in [0.1, 0.15) is 32.8 Å². The summed E-state index contributed by atoms with van der Waals surface area (Å²) < 4.78 is 31.7. The molecule has 1 atom stereocenters. The molecule has 0 fully saturated rings. The fraction of sp³-hybridized carbons (Fsp3) is 0.440. The lowest BCUT2D eigenvalue weighted by Crippen LogP contribution is -2.53. The van der Waals surface area contributed by atoms with Crippen LogP contribution in [0.5, 0.6) is 5.75 Å². The lowest BCUT2D eigenvalue weighted by atomic mass is 10.1. The van der Waals surface area contributed by atoms with Crippen LogP contribution in [0.2, 0.25) is 0 Å². The summed E-state index contributed by atoms with van der Waals surface area (Å²) in [7, 11) is -3.76. The van der Waals surface area contributed by atoms with Gasteiger partial charge in [-0.1, -0.05) is 37.3 Å². The Morgan fingerprint density at radius 3 is 2.18 bits per heavy atom. The molecule has 186 valence electrons. The number of hydrogen-bond acceptors (Lipinski definition) is 5. The second-order valence-electron chi connectivity index (χ2n) is 7.84. The Morgan fingerprint density at radius 2 is 1.65 bits per heavy atom. The van der Waals surface area contributed by atoms with Crippen LogP contribution in [0.4, 0.5) is 5.69 Å². The molecule has 9 heteroatoms. The number of amides is 2. The summed E-state index contributed by atoms with van der Waals surface area (Å²) in [6.45, 7) is 6.33. The Bertz CT molecular complexity index is 1030. The molecular formula is C25H35N3O5S. The van der Waals surface area contributed by atoms with Gasteiger partial charge in [0, 0.05) is 13.1 Å². The highest BCUT2D eigenvalue weighted by Crippen LogP contribution is 2.22. The van der Waals surface area contributed by atoms with Crippen LogP contribution in [-0.2, 0) is 26.0 Å². The molecule has 0 heterocycles. The average Bonchev–Trinajstić information content (AvgIpc) is 2.81. The summed E-state index contributed by atoms with van der Waals surface area (Å²) in [6, 6.07) is 15.5. The van der Waals surface area contributed by atoms with Gasteiger partial charge in [0.15, 0.2) is 0 Å². The van der Waals surface area contributed by atoms with E-state index in [1.54, 1.807) is 24.3 Å². The van der Waals surface area contributed by atoms with Gasteiger partial charge >= 0.3 is 0 Å². The number of nitrogens with zero attached hydrogens (tertiary/aromatic N) is 2. The molecule has 0 bridgehead atoms. The number of anilines is 1. The number of benzene rings is 2. The lowest BCUT2D eigenvalue weighted by Gasteiger charge is -2.32. The number of nitrogens with one attached hydrogen (secondary N) is 1. The Hall–Kier alpha value is -3.07. The molecule has 2 rings (SSSR count). The Balaban J connectivity index is 2.32. The van der Waals surface area contributed by atoms with E-state index >= 15 is 0 Å². The van der Waals surface area contributed by atoms with Crippen LogP contribution in [0, 0.1) is 0 Å². The van der Waals surface area contributed by atoms with Gasteiger partial charge in [-0.05, 0) is 56.5 Å². The number of carbonyl (C=O) groups excluding carboxylic acids is 2. The van der Waals surface area contributed by atoms with Gasteiger partial charge < -0.3 is 15.0 Å². The van der Waals surface area contributed by atoms with Gasteiger partial charge in [0.1, 0.15) is 18.3 Å². The van der Waals surface area contributed by atoms with E-state index in [9.17, 15) is 18.0 Å². The normalized spacial score (nSPS) is 12.0. The van der Waals surface area contributed by atoms with Crippen molar-refractivity contribution in [1.29, 1.82) is 0 Å². The first kappa shape index (κ1) is 27.2. The maximum Gasteiger partial charge on any atom is 0.244 e. The molecule has 0 saturated carbocycles. The summed E-state index contributed by atoms with van der Waals surface area (Å²) in [5.74, 6) is -0.0791. The summed E-state index contributed by atoms with van der Waals surface area (Å²) in [4.78, 5) is 27.7. The van der Waals surface area contributed by atoms with E-state index < -0.39 is 28.5 Å².